The van der Waals surface area contributed by atoms with Gasteiger partial charge < -0.3 is 19.7 Å². The van der Waals surface area contributed by atoms with Crippen LogP contribution in [0.4, 0.5) is 5.69 Å². The van der Waals surface area contributed by atoms with Crippen LogP contribution >= 0.6 is 11.6 Å². The van der Waals surface area contributed by atoms with E-state index in [0.717, 1.165) is 6.42 Å². The molecule has 10 heteroatoms. The number of nitrogens with one attached hydrogen (secondary N) is 1. The van der Waals surface area contributed by atoms with Crippen molar-refractivity contribution in [3.8, 4) is 11.5 Å². The number of nitro groups is 1. The molecular weight excluding hydrogens is 462 g/mol. The summed E-state index contributed by atoms with van der Waals surface area (Å²) in [7, 11) is 1.31. The highest BCUT2D eigenvalue weighted by Gasteiger charge is 2.30. The van der Waals surface area contributed by atoms with E-state index in [9.17, 15) is 19.7 Å². The molecule has 0 radical (unpaired) electrons. The number of carbonyl (C=O) groups excluding carboxylic acids is 2. The van der Waals surface area contributed by atoms with Crippen molar-refractivity contribution in [3.63, 3.8) is 0 Å². The van der Waals surface area contributed by atoms with E-state index in [4.69, 9.17) is 21.1 Å². The Balaban J connectivity index is 2.26. The maximum absolute atomic E-state index is 13.3. The molecule has 0 saturated carbocycles. The van der Waals surface area contributed by atoms with Crippen LogP contribution in [0.15, 0.2) is 42.5 Å². The minimum atomic E-state index is -0.729. The van der Waals surface area contributed by atoms with Gasteiger partial charge in [-0.2, -0.15) is 0 Å². The number of hydrogen-bond acceptors (Lipinski definition) is 6. The van der Waals surface area contributed by atoms with E-state index in [-0.39, 0.29) is 42.3 Å². The predicted molar refractivity (Wildman–Crippen MR) is 129 cm³/mol. The highest BCUT2D eigenvalue weighted by atomic mass is 35.5. The molecule has 0 aliphatic carbocycles. The molecule has 1 N–H and O–H groups in total. The zero-order valence-corrected chi connectivity index (χ0v) is 20.5. The van der Waals surface area contributed by atoms with Gasteiger partial charge in [-0.15, -0.1) is 0 Å². The van der Waals surface area contributed by atoms with Crippen LogP contribution < -0.4 is 14.8 Å². The Morgan fingerprint density at radius 2 is 1.88 bits per heavy atom. The predicted octanol–water partition coefficient (Wildman–Crippen LogP) is 4.36. The molecule has 2 unspecified atom stereocenters. The number of halogens is 1. The van der Waals surface area contributed by atoms with Crippen LogP contribution in [0, 0.1) is 10.1 Å². The maximum Gasteiger partial charge on any atom is 0.311 e. The third-order valence-electron chi connectivity index (χ3n) is 5.40. The molecular formula is C24H30ClN3O6. The lowest BCUT2D eigenvalue weighted by Gasteiger charge is -2.31. The monoisotopic (exact) mass is 491 g/mol. The van der Waals surface area contributed by atoms with E-state index in [1.165, 1.54) is 30.2 Å². The van der Waals surface area contributed by atoms with Crippen LogP contribution in [-0.2, 0) is 16.1 Å². The molecule has 0 aromatic heterocycles. The molecule has 0 aliphatic heterocycles. The first-order valence-corrected chi connectivity index (χ1v) is 11.4. The van der Waals surface area contributed by atoms with Crippen molar-refractivity contribution in [2.24, 2.45) is 0 Å². The maximum atomic E-state index is 13.3. The lowest BCUT2D eigenvalue weighted by Crippen LogP contribution is -2.51. The van der Waals surface area contributed by atoms with Crippen LogP contribution in [0.25, 0.3) is 0 Å². The number of carbonyl (C=O) groups is 2. The molecule has 0 aliphatic rings. The zero-order chi connectivity index (χ0) is 25.3. The van der Waals surface area contributed by atoms with Crippen molar-refractivity contribution in [2.45, 2.75) is 52.2 Å². The molecule has 2 amide bonds. The zero-order valence-electron chi connectivity index (χ0n) is 19.7. The number of amides is 2. The van der Waals surface area contributed by atoms with Gasteiger partial charge in [-0.05, 0) is 37.5 Å². The summed E-state index contributed by atoms with van der Waals surface area (Å²) in [6.07, 6.45) is 1.15. The Morgan fingerprint density at radius 3 is 2.47 bits per heavy atom. The minimum Gasteiger partial charge on any atom is -0.490 e. The number of benzene rings is 2. The molecule has 2 rings (SSSR count). The van der Waals surface area contributed by atoms with Crippen molar-refractivity contribution in [1.29, 1.82) is 0 Å². The largest absolute Gasteiger partial charge is 0.490 e. The first-order valence-electron chi connectivity index (χ1n) is 11.0. The van der Waals surface area contributed by atoms with E-state index in [1.54, 1.807) is 18.2 Å². The fourth-order valence-electron chi connectivity index (χ4n) is 3.30. The average Bonchev–Trinajstić information content (AvgIpc) is 2.82. The van der Waals surface area contributed by atoms with Gasteiger partial charge in [-0.1, -0.05) is 43.6 Å². The second-order valence-corrected chi connectivity index (χ2v) is 8.14. The summed E-state index contributed by atoms with van der Waals surface area (Å²) in [5.74, 6) is -0.439. The molecule has 0 heterocycles. The third kappa shape index (κ3) is 7.08. The van der Waals surface area contributed by atoms with Gasteiger partial charge in [-0.25, -0.2) is 0 Å². The van der Waals surface area contributed by atoms with Crippen molar-refractivity contribution in [1.82, 2.24) is 10.2 Å². The van der Waals surface area contributed by atoms with Crippen LogP contribution in [0.1, 0.15) is 39.2 Å². The Kier molecular flexibility index (Phi) is 10.1. The molecule has 0 saturated heterocycles. The van der Waals surface area contributed by atoms with Gasteiger partial charge in [0.15, 0.2) is 6.61 Å². The molecule has 0 spiro atoms. The summed E-state index contributed by atoms with van der Waals surface area (Å²) >= 11 is 6.32. The van der Waals surface area contributed by atoms with E-state index in [0.29, 0.717) is 17.0 Å². The van der Waals surface area contributed by atoms with Crippen molar-refractivity contribution >= 4 is 29.1 Å². The highest BCUT2D eigenvalue weighted by Crippen LogP contribution is 2.31. The Hall–Kier alpha value is -3.33. The summed E-state index contributed by atoms with van der Waals surface area (Å²) in [6.45, 7) is 5.44. The van der Waals surface area contributed by atoms with E-state index in [1.807, 2.05) is 26.8 Å². The van der Waals surface area contributed by atoms with Crippen LogP contribution in [0.5, 0.6) is 11.5 Å². The number of ether oxygens (including phenoxy) is 2. The number of nitrogens with zero attached hydrogens (tertiary/aromatic N) is 2. The van der Waals surface area contributed by atoms with Gasteiger partial charge in [-0.3, -0.25) is 19.7 Å². The standard InChI is InChI=1S/C24H30ClN3O6/c1-5-16(3)26-24(30)20(6-2)27(14-17-9-7-8-10-19(17)25)23(29)15-34-18-11-12-21(28(31)32)22(13-18)33-4/h7-13,16,20H,5-6,14-15H2,1-4H3,(H,26,30). The second-order valence-electron chi connectivity index (χ2n) is 7.73. The van der Waals surface area contributed by atoms with E-state index >= 15 is 0 Å². The molecule has 2 atom stereocenters. The lowest BCUT2D eigenvalue weighted by molar-refractivity contribution is -0.385. The Morgan fingerprint density at radius 1 is 1.18 bits per heavy atom. The third-order valence-corrected chi connectivity index (χ3v) is 5.76. The Labute approximate surface area is 204 Å². The van der Waals surface area contributed by atoms with Gasteiger partial charge in [0.2, 0.25) is 11.7 Å². The molecule has 34 heavy (non-hydrogen) atoms. The van der Waals surface area contributed by atoms with E-state index in [2.05, 4.69) is 5.32 Å². The first-order chi connectivity index (χ1) is 16.2. The summed E-state index contributed by atoms with van der Waals surface area (Å²) in [4.78, 5) is 38.2. The average molecular weight is 492 g/mol. The van der Waals surface area contributed by atoms with Gasteiger partial charge in [0.1, 0.15) is 11.8 Å². The summed E-state index contributed by atoms with van der Waals surface area (Å²) in [5, 5.41) is 14.5. The van der Waals surface area contributed by atoms with Gasteiger partial charge >= 0.3 is 5.69 Å². The number of methoxy groups -OCH3 is 1. The topological polar surface area (TPSA) is 111 Å². The van der Waals surface area contributed by atoms with E-state index < -0.39 is 16.9 Å². The van der Waals surface area contributed by atoms with Gasteiger partial charge in [0.25, 0.3) is 5.91 Å². The van der Waals surface area contributed by atoms with Crippen molar-refractivity contribution < 1.29 is 24.0 Å². The van der Waals surface area contributed by atoms with Gasteiger partial charge in [0, 0.05) is 29.7 Å². The Bertz CT molecular complexity index is 1020. The van der Waals surface area contributed by atoms with Crippen LogP contribution in [-0.4, -0.2) is 47.4 Å². The highest BCUT2D eigenvalue weighted by molar-refractivity contribution is 6.31. The second kappa shape index (κ2) is 12.8. The smallest absolute Gasteiger partial charge is 0.311 e. The number of rotatable bonds is 12. The molecule has 184 valence electrons. The first kappa shape index (κ1) is 26.9. The van der Waals surface area contributed by atoms with Crippen LogP contribution in [0.3, 0.4) is 0 Å². The SMILES string of the molecule is CCC(C)NC(=O)C(CC)N(Cc1ccccc1Cl)C(=O)COc1ccc([N+](=O)[O-])c(OC)c1. The molecule has 2 aromatic rings. The summed E-state index contributed by atoms with van der Waals surface area (Å²) in [5.41, 5.74) is 0.485. The minimum absolute atomic E-state index is 0.0160. The quantitative estimate of drug-likeness (QED) is 0.349. The molecule has 2 aromatic carbocycles. The summed E-state index contributed by atoms with van der Waals surface area (Å²) < 4.78 is 10.7. The number of hydrogen-bond donors (Lipinski definition) is 1. The fourth-order valence-corrected chi connectivity index (χ4v) is 3.49. The normalized spacial score (nSPS) is 12.4. The molecule has 0 bridgehead atoms. The van der Waals surface area contributed by atoms with Gasteiger partial charge in [0.05, 0.1) is 12.0 Å². The van der Waals surface area contributed by atoms with Crippen molar-refractivity contribution in [2.75, 3.05) is 13.7 Å². The van der Waals surface area contributed by atoms with Crippen LogP contribution in [0.2, 0.25) is 5.02 Å². The lowest BCUT2D eigenvalue weighted by atomic mass is 10.1. The molecule has 9 nitrogen and oxygen atoms in total. The molecule has 0 fully saturated rings. The summed E-state index contributed by atoms with van der Waals surface area (Å²) in [6, 6.07) is 10.3. The number of nitro benzene ring substituents is 1. The van der Waals surface area contributed by atoms with Crippen molar-refractivity contribution in [3.05, 3.63) is 63.2 Å². The fraction of sp³-hybridized carbons (Fsp3) is 0.417.